The summed E-state index contributed by atoms with van der Waals surface area (Å²) in [5.74, 6) is -2.59. The Hall–Kier alpha value is -3.61. The van der Waals surface area contributed by atoms with Gasteiger partial charge in [0.25, 0.3) is 0 Å². The van der Waals surface area contributed by atoms with Crippen LogP contribution in [0.15, 0.2) is 24.5 Å². The lowest BCUT2D eigenvalue weighted by Gasteiger charge is -2.29. The van der Waals surface area contributed by atoms with Crippen LogP contribution in [-0.4, -0.2) is 33.4 Å². The molecule has 0 spiro atoms. The Kier molecular flexibility index (Phi) is 4.94. The first-order chi connectivity index (χ1) is 12.9. The molecule has 2 heterocycles. The lowest BCUT2D eigenvalue weighted by atomic mass is 10.1. The predicted molar refractivity (Wildman–Crippen MR) is 93.3 cm³/mol. The fourth-order valence-corrected chi connectivity index (χ4v) is 2.60. The van der Waals surface area contributed by atoms with E-state index in [1.165, 1.54) is 18.5 Å². The lowest BCUT2D eigenvalue weighted by molar-refractivity contribution is -0.122. The Labute approximate surface area is 155 Å². The number of rotatable bonds is 4. The number of nitriles is 1. The molecular formula is C17H18F2N6O2. The van der Waals surface area contributed by atoms with Crippen LogP contribution in [-0.2, 0) is 11.3 Å². The predicted octanol–water partition coefficient (Wildman–Crippen LogP) is 2.34. The molecule has 0 saturated carbocycles. The average molecular weight is 376 g/mol. The molecule has 1 aromatic heterocycles. The second kappa shape index (κ2) is 7.33. The van der Waals surface area contributed by atoms with E-state index in [4.69, 9.17) is 5.26 Å². The maximum Gasteiger partial charge on any atom is 0.322 e. The summed E-state index contributed by atoms with van der Waals surface area (Å²) in [4.78, 5) is 33.3. The highest BCUT2D eigenvalue weighted by molar-refractivity contribution is 5.94. The molecule has 27 heavy (non-hydrogen) atoms. The standard InChI is InChI=1S/C17H14F2N6O2.2H2/c1-9(14-6-21-10(4-20)5-22-14)23-15(26)8-25-7-11-13(24-17(25)27)3-2-12(18)16(11)19;;/h2-3,5-6,9H,7-8H2,1H3,(H,23,26)(H,24,27);2*1H/t9-;;/m0../s1. The minimum Gasteiger partial charge on any atom is -0.346 e. The van der Waals surface area contributed by atoms with Crippen LogP contribution >= 0.6 is 0 Å². The van der Waals surface area contributed by atoms with Crippen molar-refractivity contribution in [1.82, 2.24) is 20.2 Å². The molecule has 0 saturated heterocycles. The number of anilines is 1. The van der Waals surface area contributed by atoms with E-state index in [0.29, 0.717) is 5.69 Å². The van der Waals surface area contributed by atoms with E-state index in [-0.39, 0.29) is 32.9 Å². The summed E-state index contributed by atoms with van der Waals surface area (Å²) in [5.41, 5.74) is 0.740. The second-order valence-electron chi connectivity index (χ2n) is 5.90. The van der Waals surface area contributed by atoms with Crippen molar-refractivity contribution in [2.24, 2.45) is 0 Å². The van der Waals surface area contributed by atoms with Crippen LogP contribution < -0.4 is 10.6 Å². The molecule has 0 bridgehead atoms. The summed E-state index contributed by atoms with van der Waals surface area (Å²) in [7, 11) is 0. The molecule has 0 aliphatic carbocycles. The highest BCUT2D eigenvalue weighted by atomic mass is 19.2. The molecular weight excluding hydrogens is 358 g/mol. The first-order valence-corrected chi connectivity index (χ1v) is 7.93. The number of hydrogen-bond acceptors (Lipinski definition) is 5. The number of halogens is 2. The average Bonchev–Trinajstić information content (AvgIpc) is 2.66. The van der Waals surface area contributed by atoms with Crippen LogP contribution in [0.5, 0.6) is 0 Å². The molecule has 0 fully saturated rings. The fourth-order valence-electron chi connectivity index (χ4n) is 2.60. The Morgan fingerprint density at radius 1 is 1.44 bits per heavy atom. The van der Waals surface area contributed by atoms with Crippen molar-refractivity contribution in [3.8, 4) is 6.07 Å². The maximum atomic E-state index is 13.9. The van der Waals surface area contributed by atoms with E-state index in [9.17, 15) is 18.4 Å². The Bertz CT molecular complexity index is 952. The number of benzene rings is 1. The summed E-state index contributed by atoms with van der Waals surface area (Å²) in [6.45, 7) is 1.08. The fraction of sp³-hybridized carbons (Fsp3) is 0.235. The van der Waals surface area contributed by atoms with Gasteiger partial charge in [-0.25, -0.2) is 18.6 Å². The van der Waals surface area contributed by atoms with Crippen LogP contribution in [0.25, 0.3) is 0 Å². The summed E-state index contributed by atoms with van der Waals surface area (Å²) < 4.78 is 27.3. The highest BCUT2D eigenvalue weighted by Gasteiger charge is 2.28. The van der Waals surface area contributed by atoms with Gasteiger partial charge >= 0.3 is 6.03 Å². The van der Waals surface area contributed by atoms with E-state index in [1.54, 1.807) is 6.92 Å². The molecule has 8 nitrogen and oxygen atoms in total. The van der Waals surface area contributed by atoms with Crippen molar-refractivity contribution in [1.29, 1.82) is 5.26 Å². The first kappa shape index (κ1) is 18.2. The Balaban J connectivity index is 0.00000210. The van der Waals surface area contributed by atoms with Crippen molar-refractivity contribution < 1.29 is 21.2 Å². The second-order valence-corrected chi connectivity index (χ2v) is 5.90. The molecule has 1 aromatic carbocycles. The zero-order valence-corrected chi connectivity index (χ0v) is 14.2. The third kappa shape index (κ3) is 3.82. The molecule has 10 heteroatoms. The molecule has 142 valence electrons. The quantitative estimate of drug-likeness (QED) is 0.851. The van der Waals surface area contributed by atoms with Gasteiger partial charge in [0.1, 0.15) is 12.6 Å². The number of aromatic nitrogens is 2. The molecule has 1 aliphatic heterocycles. The smallest absolute Gasteiger partial charge is 0.322 e. The molecule has 0 unspecified atom stereocenters. The van der Waals surface area contributed by atoms with Gasteiger partial charge in [0, 0.05) is 8.42 Å². The van der Waals surface area contributed by atoms with Crippen molar-refractivity contribution in [3.63, 3.8) is 0 Å². The van der Waals surface area contributed by atoms with Crippen molar-refractivity contribution in [3.05, 3.63) is 53.1 Å². The molecule has 3 rings (SSSR count). The molecule has 2 N–H and O–H groups in total. The van der Waals surface area contributed by atoms with Crippen LogP contribution in [0.4, 0.5) is 19.3 Å². The van der Waals surface area contributed by atoms with Crippen LogP contribution in [0.1, 0.15) is 32.8 Å². The normalized spacial score (nSPS) is 14.0. The number of urea groups is 1. The number of nitrogens with zero attached hydrogens (tertiary/aromatic N) is 4. The summed E-state index contributed by atoms with van der Waals surface area (Å²) >= 11 is 0. The van der Waals surface area contributed by atoms with E-state index in [1.807, 2.05) is 6.07 Å². The minimum absolute atomic E-state index is 0. The number of amides is 3. The van der Waals surface area contributed by atoms with Crippen molar-refractivity contribution in [2.45, 2.75) is 19.5 Å². The van der Waals surface area contributed by atoms with Gasteiger partial charge in [0.15, 0.2) is 17.3 Å². The largest absolute Gasteiger partial charge is 0.346 e. The SMILES string of the molecule is C[C@H](NC(=O)CN1Cc2c(ccc(F)c2F)NC1=O)c1cnc(C#N)cn1.[HH].[HH]. The van der Waals surface area contributed by atoms with Gasteiger partial charge in [0.05, 0.1) is 36.4 Å². The third-order valence-electron chi connectivity index (χ3n) is 4.02. The molecule has 1 aliphatic rings. The van der Waals surface area contributed by atoms with Gasteiger partial charge in [0.2, 0.25) is 5.91 Å². The number of carbonyl (C=O) groups excluding carboxylic acids is 2. The van der Waals surface area contributed by atoms with E-state index < -0.39 is 29.6 Å². The van der Waals surface area contributed by atoms with E-state index >= 15 is 0 Å². The molecule has 0 radical (unpaired) electrons. The van der Waals surface area contributed by atoms with Crippen LogP contribution in [0.2, 0.25) is 0 Å². The summed E-state index contributed by atoms with van der Waals surface area (Å²) in [6.07, 6.45) is 2.65. The van der Waals surface area contributed by atoms with Crippen molar-refractivity contribution >= 4 is 17.6 Å². The highest BCUT2D eigenvalue weighted by Crippen LogP contribution is 2.27. The minimum atomic E-state index is -1.06. The van der Waals surface area contributed by atoms with Gasteiger partial charge in [-0.3, -0.25) is 9.78 Å². The van der Waals surface area contributed by atoms with Crippen LogP contribution in [0, 0.1) is 23.0 Å². The number of hydrogen-bond donors (Lipinski definition) is 2. The monoisotopic (exact) mass is 376 g/mol. The van der Waals surface area contributed by atoms with E-state index in [0.717, 1.165) is 11.0 Å². The van der Waals surface area contributed by atoms with Crippen molar-refractivity contribution in [2.75, 3.05) is 11.9 Å². The van der Waals surface area contributed by atoms with Crippen LogP contribution in [0.3, 0.4) is 0 Å². The van der Waals surface area contributed by atoms with Gasteiger partial charge < -0.3 is 15.5 Å². The Morgan fingerprint density at radius 2 is 2.22 bits per heavy atom. The van der Waals surface area contributed by atoms with Gasteiger partial charge in [-0.05, 0) is 19.1 Å². The lowest BCUT2D eigenvalue weighted by Crippen LogP contribution is -2.45. The zero-order chi connectivity index (χ0) is 19.6. The number of nitrogens with one attached hydrogen (secondary N) is 2. The summed E-state index contributed by atoms with van der Waals surface area (Å²) in [6, 6.07) is 2.93. The van der Waals surface area contributed by atoms with Gasteiger partial charge in [-0.1, -0.05) is 0 Å². The topological polar surface area (TPSA) is 111 Å². The number of fused-ring (bicyclic) bond motifs is 1. The summed E-state index contributed by atoms with van der Waals surface area (Å²) in [5, 5.41) is 13.8. The molecule has 3 amide bonds. The molecule has 2 aromatic rings. The molecule has 1 atom stereocenters. The van der Waals surface area contributed by atoms with E-state index in [2.05, 4.69) is 20.6 Å². The van der Waals surface area contributed by atoms with Gasteiger partial charge in [-0.15, -0.1) is 0 Å². The zero-order valence-electron chi connectivity index (χ0n) is 14.2. The third-order valence-corrected chi connectivity index (χ3v) is 4.02. The Morgan fingerprint density at radius 3 is 2.89 bits per heavy atom. The maximum absolute atomic E-state index is 13.9. The van der Waals surface area contributed by atoms with Gasteiger partial charge in [-0.2, -0.15) is 5.26 Å². The number of carbonyl (C=O) groups is 2. The first-order valence-electron chi connectivity index (χ1n) is 7.93.